The third-order valence-corrected chi connectivity index (χ3v) is 4.91. The van der Waals surface area contributed by atoms with Crippen LogP contribution in [-0.4, -0.2) is 34.3 Å². The van der Waals surface area contributed by atoms with E-state index in [9.17, 15) is 9.59 Å². The van der Waals surface area contributed by atoms with Crippen molar-refractivity contribution in [2.24, 2.45) is 5.92 Å². The van der Waals surface area contributed by atoms with Gasteiger partial charge in [0.1, 0.15) is 6.54 Å². The summed E-state index contributed by atoms with van der Waals surface area (Å²) >= 11 is 1.39. The first-order valence-corrected chi connectivity index (χ1v) is 8.62. The zero-order valence-corrected chi connectivity index (χ0v) is 12.9. The van der Waals surface area contributed by atoms with Crippen molar-refractivity contribution < 1.29 is 9.59 Å². The Morgan fingerprint density at radius 1 is 1.24 bits per heavy atom. The fourth-order valence-electron chi connectivity index (χ4n) is 2.94. The molecule has 1 N–H and O–H groups in total. The van der Waals surface area contributed by atoms with Crippen LogP contribution in [0.3, 0.4) is 0 Å². The van der Waals surface area contributed by atoms with E-state index < -0.39 is 0 Å². The quantitative estimate of drug-likeness (QED) is 0.909. The zero-order chi connectivity index (χ0) is 14.7. The van der Waals surface area contributed by atoms with Crippen LogP contribution in [0.15, 0.2) is 11.6 Å². The number of anilines is 1. The number of aromatic nitrogens is 1. The van der Waals surface area contributed by atoms with Gasteiger partial charge in [0.05, 0.1) is 0 Å². The molecule has 0 saturated heterocycles. The van der Waals surface area contributed by atoms with E-state index in [1.54, 1.807) is 6.20 Å². The summed E-state index contributed by atoms with van der Waals surface area (Å²) in [5.41, 5.74) is 0. The Morgan fingerprint density at radius 2 is 2.00 bits per heavy atom. The first-order valence-electron chi connectivity index (χ1n) is 7.74. The molecular formula is C15H21N3O2S. The van der Waals surface area contributed by atoms with Gasteiger partial charge in [0.15, 0.2) is 5.13 Å². The summed E-state index contributed by atoms with van der Waals surface area (Å²) in [7, 11) is 0. The Balaban J connectivity index is 1.63. The van der Waals surface area contributed by atoms with E-state index in [2.05, 4.69) is 10.3 Å². The lowest BCUT2D eigenvalue weighted by atomic mass is 9.94. The normalized spacial score (nSPS) is 19.2. The van der Waals surface area contributed by atoms with E-state index in [-0.39, 0.29) is 30.3 Å². The second kappa shape index (κ2) is 6.56. The molecule has 0 atom stereocenters. The lowest BCUT2D eigenvalue weighted by Gasteiger charge is -2.34. The van der Waals surface area contributed by atoms with Crippen molar-refractivity contribution in [3.8, 4) is 0 Å². The number of amides is 2. The highest BCUT2D eigenvalue weighted by Gasteiger charge is 2.37. The van der Waals surface area contributed by atoms with Gasteiger partial charge in [-0.1, -0.05) is 19.3 Å². The number of nitrogens with zero attached hydrogens (tertiary/aromatic N) is 2. The molecule has 1 heterocycles. The molecule has 0 radical (unpaired) electrons. The second-order valence-corrected chi connectivity index (χ2v) is 6.81. The SMILES string of the molecule is O=C(CN(C(=O)C1CC1)C1CCCCC1)Nc1nccs1. The van der Waals surface area contributed by atoms with E-state index in [4.69, 9.17) is 0 Å². The minimum absolute atomic E-state index is 0.135. The van der Waals surface area contributed by atoms with Gasteiger partial charge in [-0.25, -0.2) is 4.98 Å². The van der Waals surface area contributed by atoms with Crippen molar-refractivity contribution in [2.45, 2.75) is 51.0 Å². The smallest absolute Gasteiger partial charge is 0.245 e. The molecule has 5 nitrogen and oxygen atoms in total. The number of carbonyl (C=O) groups is 2. The van der Waals surface area contributed by atoms with Gasteiger partial charge in [-0.2, -0.15) is 0 Å². The van der Waals surface area contributed by atoms with Gasteiger partial charge >= 0.3 is 0 Å². The van der Waals surface area contributed by atoms with E-state index in [1.165, 1.54) is 17.8 Å². The summed E-state index contributed by atoms with van der Waals surface area (Å²) in [6.45, 7) is 0.166. The minimum atomic E-state index is -0.135. The van der Waals surface area contributed by atoms with Crippen molar-refractivity contribution in [1.82, 2.24) is 9.88 Å². The summed E-state index contributed by atoms with van der Waals surface area (Å²) < 4.78 is 0. The molecule has 2 aliphatic rings. The van der Waals surface area contributed by atoms with E-state index >= 15 is 0 Å². The van der Waals surface area contributed by atoms with Crippen molar-refractivity contribution in [2.75, 3.05) is 11.9 Å². The second-order valence-electron chi connectivity index (χ2n) is 5.92. The maximum atomic E-state index is 12.5. The number of hydrogen-bond acceptors (Lipinski definition) is 4. The third-order valence-electron chi connectivity index (χ3n) is 4.22. The molecule has 3 rings (SSSR count). The maximum Gasteiger partial charge on any atom is 0.245 e. The Bertz CT molecular complexity index is 493. The van der Waals surface area contributed by atoms with Crippen LogP contribution in [-0.2, 0) is 9.59 Å². The van der Waals surface area contributed by atoms with Gasteiger partial charge in [0.25, 0.3) is 0 Å². The number of hydrogen-bond donors (Lipinski definition) is 1. The number of rotatable bonds is 5. The summed E-state index contributed by atoms with van der Waals surface area (Å²) in [4.78, 5) is 30.5. The maximum absolute atomic E-state index is 12.5. The van der Waals surface area contributed by atoms with Crippen LogP contribution < -0.4 is 5.32 Å². The molecule has 0 unspecified atom stereocenters. The highest BCUT2D eigenvalue weighted by molar-refractivity contribution is 7.13. The average molecular weight is 307 g/mol. The summed E-state index contributed by atoms with van der Waals surface area (Å²) in [6.07, 6.45) is 9.25. The van der Waals surface area contributed by atoms with Gasteiger partial charge in [-0.3, -0.25) is 9.59 Å². The molecule has 1 aromatic rings. The molecule has 0 bridgehead atoms. The molecule has 0 spiro atoms. The first kappa shape index (κ1) is 14.5. The van der Waals surface area contributed by atoms with Gasteiger partial charge in [0.2, 0.25) is 11.8 Å². The number of nitrogens with one attached hydrogen (secondary N) is 1. The van der Waals surface area contributed by atoms with Crippen LogP contribution in [0.5, 0.6) is 0 Å². The summed E-state index contributed by atoms with van der Waals surface area (Å²) in [6, 6.07) is 0.244. The minimum Gasteiger partial charge on any atom is -0.330 e. The van der Waals surface area contributed by atoms with Crippen LogP contribution in [0.1, 0.15) is 44.9 Å². The largest absolute Gasteiger partial charge is 0.330 e. The Hall–Kier alpha value is -1.43. The van der Waals surface area contributed by atoms with Gasteiger partial charge < -0.3 is 10.2 Å². The summed E-state index contributed by atoms with van der Waals surface area (Å²) in [5.74, 6) is 0.209. The van der Waals surface area contributed by atoms with E-state index in [0.717, 1.165) is 38.5 Å². The van der Waals surface area contributed by atoms with E-state index in [0.29, 0.717) is 5.13 Å². The third kappa shape index (κ3) is 3.81. The molecule has 21 heavy (non-hydrogen) atoms. The monoisotopic (exact) mass is 307 g/mol. The number of carbonyl (C=O) groups excluding carboxylic acids is 2. The molecule has 2 saturated carbocycles. The molecule has 0 aromatic carbocycles. The summed E-state index contributed by atoms with van der Waals surface area (Å²) in [5, 5.41) is 5.20. The van der Waals surface area contributed by atoms with Crippen molar-refractivity contribution >= 4 is 28.3 Å². The van der Waals surface area contributed by atoms with Crippen molar-refractivity contribution in [3.05, 3.63) is 11.6 Å². The molecular weight excluding hydrogens is 286 g/mol. The van der Waals surface area contributed by atoms with E-state index in [1.807, 2.05) is 10.3 Å². The zero-order valence-electron chi connectivity index (χ0n) is 12.1. The predicted octanol–water partition coefficient (Wildman–Crippen LogP) is 2.65. The van der Waals surface area contributed by atoms with Crippen molar-refractivity contribution in [3.63, 3.8) is 0 Å². The fourth-order valence-corrected chi connectivity index (χ4v) is 3.49. The van der Waals surface area contributed by atoms with Gasteiger partial charge in [-0.05, 0) is 25.7 Å². The van der Waals surface area contributed by atoms with Crippen LogP contribution in [0.25, 0.3) is 0 Å². The topological polar surface area (TPSA) is 62.3 Å². The highest BCUT2D eigenvalue weighted by atomic mass is 32.1. The number of thiazole rings is 1. The van der Waals surface area contributed by atoms with Crippen LogP contribution in [0, 0.1) is 5.92 Å². The Labute approximate surface area is 128 Å². The van der Waals surface area contributed by atoms with Gasteiger partial charge in [-0.15, -0.1) is 11.3 Å². The molecule has 0 aliphatic heterocycles. The molecule has 6 heteroatoms. The van der Waals surface area contributed by atoms with Crippen LogP contribution in [0.2, 0.25) is 0 Å². The van der Waals surface area contributed by atoms with Gasteiger partial charge in [0, 0.05) is 23.5 Å². The Kier molecular flexibility index (Phi) is 4.53. The molecule has 114 valence electrons. The molecule has 1 aromatic heterocycles. The fraction of sp³-hybridized carbons (Fsp3) is 0.667. The molecule has 2 fully saturated rings. The van der Waals surface area contributed by atoms with Crippen LogP contribution in [0.4, 0.5) is 5.13 Å². The standard InChI is InChI=1S/C15H21N3O2S/c19-13(17-15-16-8-9-21-15)10-18(14(20)11-6-7-11)12-4-2-1-3-5-12/h8-9,11-12H,1-7,10H2,(H,16,17,19). The van der Waals surface area contributed by atoms with Crippen molar-refractivity contribution in [1.29, 1.82) is 0 Å². The Morgan fingerprint density at radius 3 is 2.62 bits per heavy atom. The predicted molar refractivity (Wildman–Crippen MR) is 82.1 cm³/mol. The highest BCUT2D eigenvalue weighted by Crippen LogP contribution is 2.33. The van der Waals surface area contributed by atoms with Crippen LogP contribution >= 0.6 is 11.3 Å². The average Bonchev–Trinajstić information content (AvgIpc) is 3.24. The lowest BCUT2D eigenvalue weighted by molar-refractivity contribution is -0.138. The molecule has 2 aliphatic carbocycles. The lowest BCUT2D eigenvalue weighted by Crippen LogP contribution is -2.46. The molecule has 2 amide bonds. The first-order chi connectivity index (χ1) is 10.2.